The lowest BCUT2D eigenvalue weighted by Gasteiger charge is -2.45. The van der Waals surface area contributed by atoms with Crippen molar-refractivity contribution in [2.24, 2.45) is 5.41 Å². The van der Waals surface area contributed by atoms with Crippen LogP contribution in [0.3, 0.4) is 0 Å². The fraction of sp³-hybridized carbons (Fsp3) is 1.00. The Morgan fingerprint density at radius 2 is 1.89 bits per heavy atom. The van der Waals surface area contributed by atoms with Crippen LogP contribution in [0, 0.1) is 5.41 Å². The Balaban J connectivity index is 1.55. The molecule has 0 aromatic heterocycles. The van der Waals surface area contributed by atoms with Crippen molar-refractivity contribution in [3.8, 4) is 0 Å². The highest BCUT2D eigenvalue weighted by Crippen LogP contribution is 2.46. The van der Waals surface area contributed by atoms with Crippen LogP contribution in [-0.4, -0.2) is 24.8 Å². The molecule has 104 valence electrons. The van der Waals surface area contributed by atoms with Crippen LogP contribution in [0.2, 0.25) is 0 Å². The van der Waals surface area contributed by atoms with Gasteiger partial charge in [0, 0.05) is 13.1 Å². The van der Waals surface area contributed by atoms with E-state index in [0.717, 1.165) is 0 Å². The van der Waals surface area contributed by atoms with Crippen LogP contribution in [0.1, 0.15) is 71.1 Å². The van der Waals surface area contributed by atoms with Gasteiger partial charge in [-0.05, 0) is 43.9 Å². The Hall–Kier alpha value is -0.0800. The molecular weight excluding hydrogens is 222 g/mol. The quantitative estimate of drug-likeness (QED) is 0.823. The van der Waals surface area contributed by atoms with E-state index in [1.165, 1.54) is 77.3 Å². The number of ether oxygens (including phenoxy) is 1. The van der Waals surface area contributed by atoms with Crippen molar-refractivity contribution in [2.75, 3.05) is 13.1 Å². The van der Waals surface area contributed by atoms with Crippen molar-refractivity contribution in [1.82, 2.24) is 5.32 Å². The highest BCUT2D eigenvalue weighted by Gasteiger charge is 2.45. The van der Waals surface area contributed by atoms with Gasteiger partial charge in [-0.25, -0.2) is 0 Å². The van der Waals surface area contributed by atoms with Crippen LogP contribution in [0.15, 0.2) is 0 Å². The number of rotatable bonds is 4. The van der Waals surface area contributed by atoms with Gasteiger partial charge in [0.25, 0.3) is 0 Å². The maximum atomic E-state index is 6.54. The molecule has 1 unspecified atom stereocenters. The van der Waals surface area contributed by atoms with Gasteiger partial charge in [0.05, 0.1) is 11.7 Å². The van der Waals surface area contributed by atoms with Gasteiger partial charge >= 0.3 is 0 Å². The Morgan fingerprint density at radius 3 is 2.50 bits per heavy atom. The van der Waals surface area contributed by atoms with E-state index in [1.54, 1.807) is 0 Å². The lowest BCUT2D eigenvalue weighted by Crippen LogP contribution is -2.54. The fourth-order valence-electron chi connectivity index (χ4n) is 4.52. The van der Waals surface area contributed by atoms with Crippen molar-refractivity contribution in [3.63, 3.8) is 0 Å². The Labute approximate surface area is 112 Å². The zero-order chi connectivity index (χ0) is 12.5. The lowest BCUT2D eigenvalue weighted by atomic mass is 9.73. The smallest absolute Gasteiger partial charge is 0.0687 e. The molecule has 0 bridgehead atoms. The van der Waals surface area contributed by atoms with Gasteiger partial charge in [-0.1, -0.05) is 32.6 Å². The Morgan fingerprint density at radius 1 is 1.11 bits per heavy atom. The molecular formula is C16H29NO. The van der Waals surface area contributed by atoms with Crippen molar-refractivity contribution in [2.45, 2.75) is 82.8 Å². The predicted octanol–water partition coefficient (Wildman–Crippen LogP) is 3.65. The van der Waals surface area contributed by atoms with Gasteiger partial charge in [-0.15, -0.1) is 0 Å². The third kappa shape index (κ3) is 2.46. The summed E-state index contributed by atoms with van der Waals surface area (Å²) >= 11 is 0. The van der Waals surface area contributed by atoms with Gasteiger partial charge in [0.2, 0.25) is 0 Å². The summed E-state index contributed by atoms with van der Waals surface area (Å²) < 4.78 is 6.54. The molecule has 18 heavy (non-hydrogen) atoms. The summed E-state index contributed by atoms with van der Waals surface area (Å²) in [6.07, 6.45) is 14.1. The zero-order valence-electron chi connectivity index (χ0n) is 12.0. The maximum absolute atomic E-state index is 6.54. The second-order valence-corrected chi connectivity index (χ2v) is 7.08. The third-order valence-corrected chi connectivity index (χ3v) is 5.54. The molecule has 2 saturated heterocycles. The summed E-state index contributed by atoms with van der Waals surface area (Å²) in [7, 11) is 0. The average molecular weight is 251 g/mol. The molecule has 1 aliphatic carbocycles. The van der Waals surface area contributed by atoms with E-state index in [0.29, 0.717) is 17.1 Å². The highest BCUT2D eigenvalue weighted by atomic mass is 16.5. The minimum absolute atomic E-state index is 0.313. The van der Waals surface area contributed by atoms with Gasteiger partial charge in [-0.3, -0.25) is 0 Å². The van der Waals surface area contributed by atoms with Crippen LogP contribution in [-0.2, 0) is 4.74 Å². The van der Waals surface area contributed by atoms with E-state index in [4.69, 9.17) is 4.74 Å². The van der Waals surface area contributed by atoms with E-state index in [1.807, 2.05) is 0 Å². The molecule has 1 atom stereocenters. The molecule has 1 saturated carbocycles. The van der Waals surface area contributed by atoms with Crippen LogP contribution >= 0.6 is 0 Å². The number of nitrogens with one attached hydrogen (secondary N) is 1. The molecule has 3 aliphatic rings. The lowest BCUT2D eigenvalue weighted by molar-refractivity contribution is -0.0827. The van der Waals surface area contributed by atoms with Crippen LogP contribution in [0.5, 0.6) is 0 Å². The first-order valence-electron chi connectivity index (χ1n) is 8.15. The first kappa shape index (κ1) is 12.9. The molecule has 3 rings (SSSR count). The predicted molar refractivity (Wildman–Crippen MR) is 74.8 cm³/mol. The first-order valence-corrected chi connectivity index (χ1v) is 8.15. The Bertz CT molecular complexity index is 279. The molecule has 2 aliphatic heterocycles. The van der Waals surface area contributed by atoms with E-state index in [2.05, 4.69) is 12.2 Å². The van der Waals surface area contributed by atoms with E-state index in [-0.39, 0.29) is 0 Å². The zero-order valence-corrected chi connectivity index (χ0v) is 12.0. The second kappa shape index (κ2) is 5.13. The molecule has 2 nitrogen and oxygen atoms in total. The molecule has 0 radical (unpaired) electrons. The third-order valence-electron chi connectivity index (χ3n) is 5.54. The molecule has 0 aromatic carbocycles. The summed E-state index contributed by atoms with van der Waals surface area (Å²) in [5.74, 6) is 0. The van der Waals surface area contributed by atoms with Crippen molar-refractivity contribution in [1.29, 1.82) is 0 Å². The summed E-state index contributed by atoms with van der Waals surface area (Å²) in [4.78, 5) is 0. The summed E-state index contributed by atoms with van der Waals surface area (Å²) in [5, 5.41) is 3.48. The topological polar surface area (TPSA) is 21.3 Å². The van der Waals surface area contributed by atoms with E-state index < -0.39 is 0 Å². The van der Waals surface area contributed by atoms with Crippen molar-refractivity contribution < 1.29 is 4.74 Å². The minimum Gasteiger partial charge on any atom is -0.372 e. The molecule has 2 heteroatoms. The monoisotopic (exact) mass is 251 g/mol. The highest BCUT2D eigenvalue weighted by molar-refractivity contribution is 4.98. The molecule has 1 N–H and O–H groups in total. The van der Waals surface area contributed by atoms with Crippen molar-refractivity contribution in [3.05, 3.63) is 0 Å². The largest absolute Gasteiger partial charge is 0.372 e. The average Bonchev–Trinajstić information content (AvgIpc) is 2.70. The summed E-state index contributed by atoms with van der Waals surface area (Å²) in [6, 6.07) is 0. The number of hydrogen-bond acceptors (Lipinski definition) is 2. The second-order valence-electron chi connectivity index (χ2n) is 7.08. The maximum Gasteiger partial charge on any atom is 0.0687 e. The van der Waals surface area contributed by atoms with Crippen LogP contribution in [0.25, 0.3) is 0 Å². The van der Waals surface area contributed by atoms with Gasteiger partial charge < -0.3 is 10.1 Å². The van der Waals surface area contributed by atoms with Crippen molar-refractivity contribution >= 4 is 0 Å². The van der Waals surface area contributed by atoms with E-state index in [9.17, 15) is 0 Å². The van der Waals surface area contributed by atoms with E-state index >= 15 is 0 Å². The summed E-state index contributed by atoms with van der Waals surface area (Å²) in [6.45, 7) is 4.78. The fourth-order valence-corrected chi connectivity index (χ4v) is 4.52. The van der Waals surface area contributed by atoms with Crippen LogP contribution in [0.4, 0.5) is 0 Å². The molecule has 0 aromatic rings. The van der Waals surface area contributed by atoms with Crippen LogP contribution < -0.4 is 5.32 Å². The summed E-state index contributed by atoms with van der Waals surface area (Å²) in [5.41, 5.74) is 0.896. The Kier molecular flexibility index (Phi) is 3.68. The normalized spacial score (nSPS) is 33.5. The molecule has 1 spiro atoms. The van der Waals surface area contributed by atoms with Gasteiger partial charge in [0.15, 0.2) is 0 Å². The molecule has 2 heterocycles. The SMILES string of the molecule is CCCC1(CC2CCC3(CCCCC3)O2)CNC1. The van der Waals surface area contributed by atoms with Gasteiger partial charge in [0.1, 0.15) is 0 Å². The minimum atomic E-state index is 0.313. The molecule has 3 fully saturated rings. The van der Waals surface area contributed by atoms with Gasteiger partial charge in [-0.2, -0.15) is 0 Å². The first-order chi connectivity index (χ1) is 8.76. The molecule has 0 amide bonds. The number of hydrogen-bond donors (Lipinski definition) is 1. The standard InChI is InChI=1S/C16H29NO/c1-2-7-15(12-17-13-15)11-14-6-10-16(18-14)8-4-3-5-9-16/h14,17H,2-13H2,1H3.